The van der Waals surface area contributed by atoms with Gasteiger partial charge >= 0.3 is 5.69 Å². The van der Waals surface area contributed by atoms with Crippen LogP contribution in [0, 0.1) is 10.1 Å². The smallest absolute Gasteiger partial charge is 0.310 e. The number of hydrogen-bond acceptors (Lipinski definition) is 5. The number of hydrogen-bond donors (Lipinski definition) is 2. The van der Waals surface area contributed by atoms with E-state index < -0.39 is 16.4 Å². The Morgan fingerprint density at radius 2 is 2.10 bits per heavy atom. The molecule has 0 heterocycles. The highest BCUT2D eigenvalue weighted by Crippen LogP contribution is 2.26. The van der Waals surface area contributed by atoms with Gasteiger partial charge in [0, 0.05) is 6.07 Å². The minimum absolute atomic E-state index is 0.0466. The first-order valence-electron chi connectivity index (χ1n) is 6.76. The molecular formula is C14H21N3O4. The van der Waals surface area contributed by atoms with E-state index in [-0.39, 0.29) is 11.4 Å². The predicted octanol–water partition coefficient (Wildman–Crippen LogP) is 1.61. The predicted molar refractivity (Wildman–Crippen MR) is 79.1 cm³/mol. The second-order valence-corrected chi connectivity index (χ2v) is 4.98. The number of carbonyl (C=O) groups is 1. The number of ether oxygens (including phenoxy) is 1. The number of benzene rings is 1. The molecule has 0 saturated heterocycles. The van der Waals surface area contributed by atoms with Crippen molar-refractivity contribution in [1.29, 1.82) is 0 Å². The summed E-state index contributed by atoms with van der Waals surface area (Å²) >= 11 is 0. The van der Waals surface area contributed by atoms with Gasteiger partial charge in [0.25, 0.3) is 0 Å². The van der Waals surface area contributed by atoms with Crippen LogP contribution >= 0.6 is 0 Å². The van der Waals surface area contributed by atoms with Crippen LogP contribution in [0.3, 0.4) is 0 Å². The maximum absolute atomic E-state index is 11.3. The summed E-state index contributed by atoms with van der Waals surface area (Å²) < 4.78 is 5.43. The zero-order valence-electron chi connectivity index (χ0n) is 12.3. The molecule has 0 bridgehead atoms. The molecule has 3 N–H and O–H groups in total. The van der Waals surface area contributed by atoms with E-state index in [1.54, 1.807) is 32.2 Å². The third-order valence-electron chi connectivity index (χ3n) is 3.49. The summed E-state index contributed by atoms with van der Waals surface area (Å²) in [4.78, 5) is 21.7. The first kappa shape index (κ1) is 16.9. The van der Waals surface area contributed by atoms with E-state index in [0.717, 1.165) is 6.42 Å². The standard InChI is InChI=1S/C14H21N3O4/c1-14(16-2,13(15)18)9-5-6-10-21-12-8-4-3-7-11(12)17(19)20/h3-4,7-8,16H,5-6,9-10H2,1-2H3,(H2,15,18). The van der Waals surface area contributed by atoms with Crippen molar-refractivity contribution >= 4 is 11.6 Å². The number of nitro groups is 1. The molecule has 0 aliphatic rings. The normalized spacial score (nSPS) is 13.4. The third-order valence-corrected chi connectivity index (χ3v) is 3.49. The summed E-state index contributed by atoms with van der Waals surface area (Å²) in [5.41, 5.74) is 4.55. The van der Waals surface area contributed by atoms with Crippen LogP contribution in [-0.4, -0.2) is 30.0 Å². The van der Waals surface area contributed by atoms with E-state index in [9.17, 15) is 14.9 Å². The lowest BCUT2D eigenvalue weighted by Gasteiger charge is -2.25. The number of unbranched alkanes of at least 4 members (excludes halogenated alkanes) is 1. The van der Waals surface area contributed by atoms with E-state index >= 15 is 0 Å². The molecule has 116 valence electrons. The van der Waals surface area contributed by atoms with Crippen LogP contribution in [0.4, 0.5) is 5.69 Å². The average molecular weight is 295 g/mol. The van der Waals surface area contributed by atoms with Gasteiger partial charge in [0.05, 0.1) is 17.1 Å². The topological polar surface area (TPSA) is 107 Å². The molecule has 0 fully saturated rings. The molecule has 7 nitrogen and oxygen atoms in total. The Bertz CT molecular complexity index is 507. The lowest BCUT2D eigenvalue weighted by molar-refractivity contribution is -0.385. The molecule has 1 aromatic rings. The van der Waals surface area contributed by atoms with E-state index in [1.807, 2.05) is 0 Å². The van der Waals surface area contributed by atoms with Crippen LogP contribution in [0.1, 0.15) is 26.2 Å². The van der Waals surface area contributed by atoms with E-state index in [0.29, 0.717) is 19.4 Å². The summed E-state index contributed by atoms with van der Waals surface area (Å²) in [6.07, 6.45) is 1.98. The van der Waals surface area contributed by atoms with Crippen molar-refractivity contribution in [3.63, 3.8) is 0 Å². The maximum atomic E-state index is 11.3. The van der Waals surface area contributed by atoms with Gasteiger partial charge in [-0.2, -0.15) is 0 Å². The second-order valence-electron chi connectivity index (χ2n) is 4.98. The highest BCUT2D eigenvalue weighted by molar-refractivity contribution is 5.84. The molecular weight excluding hydrogens is 274 g/mol. The molecule has 1 aromatic carbocycles. The van der Waals surface area contributed by atoms with Crippen LogP contribution in [0.15, 0.2) is 24.3 Å². The Labute approximate surface area is 123 Å². The number of para-hydroxylation sites is 2. The molecule has 21 heavy (non-hydrogen) atoms. The second kappa shape index (κ2) is 7.58. The van der Waals surface area contributed by atoms with Crippen molar-refractivity contribution in [3.8, 4) is 5.75 Å². The lowest BCUT2D eigenvalue weighted by Crippen LogP contribution is -2.51. The fourth-order valence-corrected chi connectivity index (χ4v) is 1.86. The monoisotopic (exact) mass is 295 g/mol. The Hall–Kier alpha value is -2.15. The van der Waals surface area contributed by atoms with E-state index in [4.69, 9.17) is 10.5 Å². The fourth-order valence-electron chi connectivity index (χ4n) is 1.86. The molecule has 1 atom stereocenters. The number of primary amides is 1. The Morgan fingerprint density at radius 1 is 1.43 bits per heavy atom. The highest BCUT2D eigenvalue weighted by atomic mass is 16.6. The van der Waals surface area contributed by atoms with Crippen molar-refractivity contribution in [2.75, 3.05) is 13.7 Å². The molecule has 7 heteroatoms. The molecule has 1 amide bonds. The minimum Gasteiger partial charge on any atom is -0.487 e. The number of nitro benzene ring substituents is 1. The Balaban J connectivity index is 2.42. The van der Waals surface area contributed by atoms with Crippen molar-refractivity contribution in [2.24, 2.45) is 5.73 Å². The summed E-state index contributed by atoms with van der Waals surface area (Å²) in [6, 6.07) is 6.25. The van der Waals surface area contributed by atoms with E-state index in [1.165, 1.54) is 6.07 Å². The van der Waals surface area contributed by atoms with Crippen LogP contribution < -0.4 is 15.8 Å². The van der Waals surface area contributed by atoms with Crippen LogP contribution in [0.2, 0.25) is 0 Å². The average Bonchev–Trinajstić information content (AvgIpc) is 2.46. The molecule has 0 radical (unpaired) electrons. The number of nitrogens with two attached hydrogens (primary N) is 1. The summed E-state index contributed by atoms with van der Waals surface area (Å²) in [5, 5.41) is 13.7. The number of nitrogens with one attached hydrogen (secondary N) is 1. The van der Waals surface area contributed by atoms with Crippen molar-refractivity contribution < 1.29 is 14.5 Å². The molecule has 0 spiro atoms. The third kappa shape index (κ3) is 4.71. The van der Waals surface area contributed by atoms with Gasteiger partial charge < -0.3 is 15.8 Å². The lowest BCUT2D eigenvalue weighted by atomic mass is 9.94. The van der Waals surface area contributed by atoms with Crippen LogP contribution in [0.5, 0.6) is 5.75 Å². The van der Waals surface area contributed by atoms with Crippen LogP contribution in [-0.2, 0) is 4.79 Å². The molecule has 1 unspecified atom stereocenters. The largest absolute Gasteiger partial charge is 0.487 e. The van der Waals surface area contributed by atoms with Crippen LogP contribution in [0.25, 0.3) is 0 Å². The SMILES string of the molecule is CNC(C)(CCCCOc1ccccc1[N+](=O)[O-])C(N)=O. The van der Waals surface area contributed by atoms with Gasteiger partial charge in [-0.1, -0.05) is 12.1 Å². The minimum atomic E-state index is -0.737. The zero-order valence-corrected chi connectivity index (χ0v) is 12.3. The summed E-state index contributed by atoms with van der Waals surface area (Å²) in [6.45, 7) is 2.10. The molecule has 1 rings (SSSR count). The van der Waals surface area contributed by atoms with Gasteiger partial charge in [-0.3, -0.25) is 14.9 Å². The first-order chi connectivity index (χ1) is 9.90. The van der Waals surface area contributed by atoms with Gasteiger partial charge in [0.2, 0.25) is 5.91 Å². The Kier molecular flexibility index (Phi) is 6.10. The zero-order chi connectivity index (χ0) is 15.9. The quantitative estimate of drug-likeness (QED) is 0.409. The number of amides is 1. The molecule has 0 aromatic heterocycles. The van der Waals surface area contributed by atoms with Crippen molar-refractivity contribution in [3.05, 3.63) is 34.4 Å². The van der Waals surface area contributed by atoms with Gasteiger partial charge in [0.15, 0.2) is 5.75 Å². The molecule has 0 saturated carbocycles. The van der Waals surface area contributed by atoms with Gasteiger partial charge in [-0.05, 0) is 39.3 Å². The number of nitrogens with zero attached hydrogens (tertiary/aromatic N) is 1. The molecule has 0 aliphatic heterocycles. The van der Waals surface area contributed by atoms with Crippen molar-refractivity contribution in [2.45, 2.75) is 31.7 Å². The molecule has 0 aliphatic carbocycles. The van der Waals surface area contributed by atoms with Gasteiger partial charge in [-0.15, -0.1) is 0 Å². The highest BCUT2D eigenvalue weighted by Gasteiger charge is 2.27. The van der Waals surface area contributed by atoms with Gasteiger partial charge in [-0.25, -0.2) is 0 Å². The Morgan fingerprint density at radius 3 is 2.67 bits per heavy atom. The van der Waals surface area contributed by atoms with Crippen molar-refractivity contribution in [1.82, 2.24) is 5.32 Å². The number of carbonyl (C=O) groups excluding carboxylic acids is 1. The van der Waals surface area contributed by atoms with Gasteiger partial charge in [0.1, 0.15) is 0 Å². The number of likely N-dealkylation sites (N-methyl/N-ethyl adjacent to an activating group) is 1. The van der Waals surface area contributed by atoms with E-state index in [2.05, 4.69) is 5.32 Å². The fraction of sp³-hybridized carbons (Fsp3) is 0.500. The number of rotatable bonds is 9. The summed E-state index contributed by atoms with van der Waals surface area (Å²) in [5.74, 6) is -0.140. The summed E-state index contributed by atoms with van der Waals surface area (Å²) in [7, 11) is 1.69. The first-order valence-corrected chi connectivity index (χ1v) is 6.76. The maximum Gasteiger partial charge on any atom is 0.310 e.